The summed E-state index contributed by atoms with van der Waals surface area (Å²) in [6.07, 6.45) is 0. The van der Waals surface area contributed by atoms with Gasteiger partial charge in [0.25, 0.3) is 11.2 Å². The highest BCUT2D eigenvalue weighted by Gasteiger charge is 2.27. The first-order valence-corrected chi connectivity index (χ1v) is 7.70. The van der Waals surface area contributed by atoms with E-state index >= 15 is 0 Å². The van der Waals surface area contributed by atoms with E-state index in [1.807, 2.05) is 19.1 Å². The highest BCUT2D eigenvalue weighted by molar-refractivity contribution is 9.13. The van der Waals surface area contributed by atoms with E-state index in [0.717, 1.165) is 10.4 Å². The van der Waals surface area contributed by atoms with Crippen LogP contribution in [0.2, 0.25) is 0 Å². The van der Waals surface area contributed by atoms with Crippen LogP contribution in [0.25, 0.3) is 16.7 Å². The van der Waals surface area contributed by atoms with Crippen LogP contribution in [0.4, 0.5) is 5.69 Å². The number of nitro groups is 1. The number of nitrogens with zero attached hydrogens (tertiary/aromatic N) is 4. The molecule has 22 heavy (non-hydrogen) atoms. The van der Waals surface area contributed by atoms with Crippen molar-refractivity contribution >= 4 is 48.6 Å². The SMILES string of the molecule is Cc1ccc(-n2nc3c(Br)c(Br)c([N+](=O)[O-])cc3[n+]2[O-])cc1. The summed E-state index contributed by atoms with van der Waals surface area (Å²) >= 11 is 6.40. The zero-order chi connectivity index (χ0) is 16.0. The normalized spacial score (nSPS) is 11.0. The van der Waals surface area contributed by atoms with Gasteiger partial charge in [0, 0.05) is 0 Å². The quantitative estimate of drug-likeness (QED) is 0.271. The molecule has 0 aliphatic carbocycles. The van der Waals surface area contributed by atoms with Crippen molar-refractivity contribution in [3.8, 4) is 5.69 Å². The van der Waals surface area contributed by atoms with Gasteiger partial charge in [-0.1, -0.05) is 17.7 Å². The zero-order valence-corrected chi connectivity index (χ0v) is 14.3. The lowest BCUT2D eigenvalue weighted by Gasteiger charge is -2.04. The van der Waals surface area contributed by atoms with Crippen LogP contribution in [0.15, 0.2) is 39.3 Å². The average molecular weight is 428 g/mol. The van der Waals surface area contributed by atoms with E-state index in [9.17, 15) is 15.3 Å². The highest BCUT2D eigenvalue weighted by Crippen LogP contribution is 2.37. The second-order valence-electron chi connectivity index (χ2n) is 4.65. The molecule has 0 aliphatic heterocycles. The molecule has 9 heteroatoms. The molecule has 3 aromatic rings. The van der Waals surface area contributed by atoms with E-state index in [0.29, 0.717) is 20.5 Å². The third-order valence-corrected chi connectivity index (χ3v) is 5.28. The summed E-state index contributed by atoms with van der Waals surface area (Å²) in [5, 5.41) is 27.7. The predicted octanol–water partition coefficient (Wildman–Crippen LogP) is 3.40. The first kappa shape index (κ1) is 14.9. The van der Waals surface area contributed by atoms with Gasteiger partial charge in [0.2, 0.25) is 5.52 Å². The highest BCUT2D eigenvalue weighted by atomic mass is 79.9. The van der Waals surface area contributed by atoms with E-state index in [4.69, 9.17) is 0 Å². The van der Waals surface area contributed by atoms with Gasteiger partial charge in [0.15, 0.2) is 0 Å². The van der Waals surface area contributed by atoms with E-state index in [-0.39, 0.29) is 15.7 Å². The van der Waals surface area contributed by atoms with E-state index < -0.39 is 4.92 Å². The van der Waals surface area contributed by atoms with Gasteiger partial charge in [0.1, 0.15) is 10.2 Å². The van der Waals surface area contributed by atoms with E-state index in [1.165, 1.54) is 6.07 Å². The van der Waals surface area contributed by atoms with Crippen LogP contribution in [-0.4, -0.2) is 14.8 Å². The number of aryl methyl sites for hydroxylation is 1. The van der Waals surface area contributed by atoms with Gasteiger partial charge in [0.05, 0.1) is 20.6 Å². The van der Waals surface area contributed by atoms with Gasteiger partial charge in [-0.2, -0.15) is 0 Å². The molecule has 0 unspecified atom stereocenters. The van der Waals surface area contributed by atoms with Gasteiger partial charge in [-0.15, -0.1) is 4.85 Å². The molecular weight excluding hydrogens is 420 g/mol. The summed E-state index contributed by atoms with van der Waals surface area (Å²) in [5.74, 6) is 0. The summed E-state index contributed by atoms with van der Waals surface area (Å²) in [4.78, 5) is 12.2. The second-order valence-corrected chi connectivity index (χ2v) is 6.23. The lowest BCUT2D eigenvalue weighted by atomic mass is 10.2. The molecule has 0 aliphatic rings. The number of nitro benzene ring substituents is 1. The molecule has 0 bridgehead atoms. The number of aromatic nitrogens is 3. The lowest BCUT2D eigenvalue weighted by molar-refractivity contribution is -0.664. The molecule has 0 radical (unpaired) electrons. The first-order chi connectivity index (χ1) is 10.4. The Morgan fingerprint density at radius 2 is 1.86 bits per heavy atom. The number of fused-ring (bicyclic) bond motifs is 1. The number of rotatable bonds is 2. The van der Waals surface area contributed by atoms with Crippen molar-refractivity contribution in [2.24, 2.45) is 0 Å². The zero-order valence-electron chi connectivity index (χ0n) is 11.2. The van der Waals surface area contributed by atoms with Gasteiger partial charge in [-0.25, -0.2) is 0 Å². The van der Waals surface area contributed by atoms with Crippen molar-refractivity contribution in [3.63, 3.8) is 0 Å². The maximum atomic E-state index is 12.4. The second kappa shape index (κ2) is 5.33. The van der Waals surface area contributed by atoms with Crippen molar-refractivity contribution in [1.29, 1.82) is 0 Å². The molecule has 0 saturated carbocycles. The standard InChI is InChI=1S/C13H8Br2N4O3/c1-7-2-4-8(5-3-7)17-16-13-10(18(17)20)6-9(19(21)22)11(14)12(13)15/h2-6H,1H3. The minimum atomic E-state index is -0.558. The van der Waals surface area contributed by atoms with Crippen LogP contribution in [0.3, 0.4) is 0 Å². The summed E-state index contributed by atoms with van der Waals surface area (Å²) < 4.78 is 0.617. The fourth-order valence-corrected chi connectivity index (χ4v) is 2.97. The third-order valence-electron chi connectivity index (χ3n) is 3.18. The topological polar surface area (TPSA) is 87.9 Å². The monoisotopic (exact) mass is 426 g/mol. The predicted molar refractivity (Wildman–Crippen MR) is 86.8 cm³/mol. The molecular formula is C13H8Br2N4O3. The minimum absolute atomic E-state index is 0.113. The van der Waals surface area contributed by atoms with Crippen LogP contribution in [-0.2, 0) is 0 Å². The maximum absolute atomic E-state index is 12.4. The third kappa shape index (κ3) is 2.26. The van der Waals surface area contributed by atoms with Gasteiger partial charge in [-0.05, 0) is 55.7 Å². The van der Waals surface area contributed by atoms with Crippen molar-refractivity contribution in [2.75, 3.05) is 0 Å². The molecule has 0 atom stereocenters. The molecule has 112 valence electrons. The fourth-order valence-electron chi connectivity index (χ4n) is 2.04. The number of benzene rings is 2. The van der Waals surface area contributed by atoms with Crippen LogP contribution in [0, 0.1) is 22.2 Å². The average Bonchev–Trinajstić information content (AvgIpc) is 2.81. The minimum Gasteiger partial charge on any atom is -0.692 e. The summed E-state index contributed by atoms with van der Waals surface area (Å²) in [6.45, 7) is 1.94. The van der Waals surface area contributed by atoms with Crippen molar-refractivity contribution < 1.29 is 9.77 Å². The number of halogens is 2. The molecule has 0 fully saturated rings. The molecule has 0 saturated heterocycles. The number of hydrogen-bond acceptors (Lipinski definition) is 4. The molecule has 0 N–H and O–H groups in total. The fraction of sp³-hybridized carbons (Fsp3) is 0.0769. The molecule has 0 amide bonds. The van der Waals surface area contributed by atoms with Crippen LogP contribution in [0.5, 0.6) is 0 Å². The molecule has 7 nitrogen and oxygen atoms in total. The van der Waals surface area contributed by atoms with Crippen LogP contribution < -0.4 is 4.85 Å². The van der Waals surface area contributed by atoms with Crippen molar-refractivity contribution in [2.45, 2.75) is 6.92 Å². The van der Waals surface area contributed by atoms with Crippen LogP contribution >= 0.6 is 31.9 Å². The Balaban J connectivity index is 2.31. The smallest absolute Gasteiger partial charge is 0.289 e. The molecule has 2 aromatic carbocycles. The van der Waals surface area contributed by atoms with Gasteiger partial charge < -0.3 is 5.21 Å². The van der Waals surface area contributed by atoms with E-state index in [1.54, 1.807) is 12.1 Å². The molecule has 1 heterocycles. The van der Waals surface area contributed by atoms with Gasteiger partial charge in [-0.3, -0.25) is 10.1 Å². The largest absolute Gasteiger partial charge is 0.692 e. The molecule has 0 spiro atoms. The Morgan fingerprint density at radius 3 is 2.45 bits per heavy atom. The van der Waals surface area contributed by atoms with E-state index in [2.05, 4.69) is 37.0 Å². The Kier molecular flexibility index (Phi) is 3.61. The summed E-state index contributed by atoms with van der Waals surface area (Å²) in [6, 6.07) is 8.43. The van der Waals surface area contributed by atoms with Gasteiger partial charge >= 0.3 is 0 Å². The molecule has 3 rings (SSSR count). The number of hydrogen-bond donors (Lipinski definition) is 0. The maximum Gasteiger partial charge on any atom is 0.289 e. The lowest BCUT2D eigenvalue weighted by Crippen LogP contribution is -2.37. The summed E-state index contributed by atoms with van der Waals surface area (Å²) in [7, 11) is 0. The Bertz CT molecular complexity index is 906. The Labute approximate surface area is 141 Å². The first-order valence-electron chi connectivity index (χ1n) is 6.12. The molecule has 1 aromatic heterocycles. The summed E-state index contributed by atoms with van der Waals surface area (Å²) in [5.41, 5.74) is 1.88. The van der Waals surface area contributed by atoms with Crippen LogP contribution in [0.1, 0.15) is 5.56 Å². The Morgan fingerprint density at radius 1 is 1.23 bits per heavy atom. The van der Waals surface area contributed by atoms with Crippen molar-refractivity contribution in [3.05, 3.63) is 60.2 Å². The Hall–Kier alpha value is -2.00. The van der Waals surface area contributed by atoms with Crippen molar-refractivity contribution in [1.82, 2.24) is 9.90 Å².